The van der Waals surface area contributed by atoms with Gasteiger partial charge >= 0.3 is 0 Å². The fraction of sp³-hybridized carbons (Fsp3) is 0.565. The molecule has 5 nitrogen and oxygen atoms in total. The summed E-state index contributed by atoms with van der Waals surface area (Å²) in [6.07, 6.45) is 11.2. The van der Waals surface area contributed by atoms with Gasteiger partial charge in [0.2, 0.25) is 5.91 Å². The van der Waals surface area contributed by atoms with Crippen molar-refractivity contribution in [3.8, 4) is 0 Å². The van der Waals surface area contributed by atoms with Gasteiger partial charge < -0.3 is 14.9 Å². The van der Waals surface area contributed by atoms with E-state index in [1.807, 2.05) is 18.2 Å². The smallest absolute Gasteiger partial charge is 0.225 e. The second-order valence-electron chi connectivity index (χ2n) is 8.53. The van der Waals surface area contributed by atoms with Crippen molar-refractivity contribution in [2.45, 2.75) is 50.5 Å². The van der Waals surface area contributed by atoms with Gasteiger partial charge in [-0.1, -0.05) is 37.5 Å². The lowest BCUT2D eigenvalue weighted by molar-refractivity contribution is -0.144. The summed E-state index contributed by atoms with van der Waals surface area (Å²) < 4.78 is 0. The Kier molecular flexibility index (Phi) is 5.54. The first-order valence-electron chi connectivity index (χ1n) is 10.6. The Labute approximate surface area is 167 Å². The first kappa shape index (κ1) is 19.2. The van der Waals surface area contributed by atoms with Gasteiger partial charge in [0.05, 0.1) is 5.54 Å². The molecule has 1 aromatic rings. The molecule has 2 aliphatic heterocycles. The van der Waals surface area contributed by atoms with Gasteiger partial charge in [-0.3, -0.25) is 9.59 Å². The van der Waals surface area contributed by atoms with E-state index in [1.165, 1.54) is 25.3 Å². The molecule has 0 aromatic heterocycles. The van der Waals surface area contributed by atoms with Crippen molar-refractivity contribution < 1.29 is 14.7 Å². The van der Waals surface area contributed by atoms with Gasteiger partial charge in [-0.25, -0.2) is 0 Å². The number of hydrogen-bond donors (Lipinski definition) is 1. The average molecular weight is 383 g/mol. The molecule has 0 bridgehead atoms. The highest BCUT2D eigenvalue weighted by Gasteiger charge is 2.52. The molecule has 1 aliphatic carbocycles. The number of benzene rings is 1. The van der Waals surface area contributed by atoms with Crippen LogP contribution in [0.2, 0.25) is 0 Å². The van der Waals surface area contributed by atoms with Crippen LogP contribution in [0, 0.1) is 5.92 Å². The number of aliphatic hydroxyl groups is 1. The van der Waals surface area contributed by atoms with Crippen LogP contribution in [0.5, 0.6) is 0 Å². The quantitative estimate of drug-likeness (QED) is 0.796. The van der Waals surface area contributed by atoms with Crippen LogP contribution in [0.15, 0.2) is 30.3 Å². The zero-order valence-corrected chi connectivity index (χ0v) is 16.5. The van der Waals surface area contributed by atoms with Crippen LogP contribution in [0.3, 0.4) is 0 Å². The summed E-state index contributed by atoms with van der Waals surface area (Å²) in [5, 5.41) is 8.96. The third-order valence-electron chi connectivity index (χ3n) is 6.67. The molecule has 1 N–H and O–H groups in total. The minimum absolute atomic E-state index is 0.0370. The molecule has 0 radical (unpaired) electrons. The molecule has 2 saturated heterocycles. The van der Waals surface area contributed by atoms with Crippen LogP contribution in [-0.4, -0.2) is 53.5 Å². The zero-order valence-electron chi connectivity index (χ0n) is 16.5. The molecule has 4 rings (SSSR count). The highest BCUT2D eigenvalue weighted by Crippen LogP contribution is 2.43. The van der Waals surface area contributed by atoms with Gasteiger partial charge in [0.1, 0.15) is 6.61 Å². The Morgan fingerprint density at radius 2 is 1.86 bits per heavy atom. The summed E-state index contributed by atoms with van der Waals surface area (Å²) in [5.41, 5.74) is 2.14. The van der Waals surface area contributed by atoms with E-state index < -0.39 is 6.61 Å². The molecule has 1 spiro atoms. The molecule has 150 valence electrons. The summed E-state index contributed by atoms with van der Waals surface area (Å²) in [5.74, 6) is 0.304. The number of rotatable bonds is 5. The number of aliphatic hydroxyl groups excluding tert-OH is 1. The molecule has 1 saturated carbocycles. The second kappa shape index (κ2) is 8.08. The van der Waals surface area contributed by atoms with Crippen molar-refractivity contribution in [2.75, 3.05) is 31.1 Å². The topological polar surface area (TPSA) is 60.9 Å². The molecule has 3 fully saturated rings. The number of amides is 1. The first-order valence-corrected chi connectivity index (χ1v) is 10.6. The maximum Gasteiger partial charge on any atom is 0.225 e. The number of anilines is 1. The van der Waals surface area contributed by atoms with Crippen LogP contribution in [0.25, 0.3) is 6.08 Å². The summed E-state index contributed by atoms with van der Waals surface area (Å²) in [6, 6.07) is 8.10. The maximum atomic E-state index is 12.9. The third-order valence-corrected chi connectivity index (χ3v) is 6.67. The van der Waals surface area contributed by atoms with E-state index in [0.717, 1.165) is 56.6 Å². The Morgan fingerprint density at radius 3 is 2.61 bits per heavy atom. The van der Waals surface area contributed by atoms with Crippen molar-refractivity contribution in [2.24, 2.45) is 5.92 Å². The molecule has 3 aliphatic rings. The number of carbonyl (C=O) groups excluding carboxylic acids is 2. The number of likely N-dealkylation sites (tertiary alicyclic amines) is 1. The summed E-state index contributed by atoms with van der Waals surface area (Å²) in [6.45, 7) is 2.14. The van der Waals surface area contributed by atoms with E-state index in [1.54, 1.807) is 6.08 Å². The number of ketones is 1. The highest BCUT2D eigenvalue weighted by atomic mass is 16.3. The van der Waals surface area contributed by atoms with Crippen LogP contribution >= 0.6 is 0 Å². The fourth-order valence-electron chi connectivity index (χ4n) is 5.18. The van der Waals surface area contributed by atoms with Gasteiger partial charge in [-0.15, -0.1) is 0 Å². The van der Waals surface area contributed by atoms with Gasteiger partial charge in [0.25, 0.3) is 0 Å². The van der Waals surface area contributed by atoms with Gasteiger partial charge in [0.15, 0.2) is 5.78 Å². The van der Waals surface area contributed by atoms with Crippen LogP contribution < -0.4 is 4.90 Å². The van der Waals surface area contributed by atoms with Gasteiger partial charge in [-0.05, 0) is 49.5 Å². The van der Waals surface area contributed by atoms with Gasteiger partial charge in [-0.2, -0.15) is 0 Å². The van der Waals surface area contributed by atoms with Gasteiger partial charge in [0, 0.05) is 31.2 Å². The molecule has 2 heterocycles. The molecule has 5 heteroatoms. The van der Waals surface area contributed by atoms with E-state index in [2.05, 4.69) is 15.9 Å². The maximum absolute atomic E-state index is 12.9. The lowest BCUT2D eigenvalue weighted by Gasteiger charge is -2.54. The van der Waals surface area contributed by atoms with Crippen molar-refractivity contribution in [3.05, 3.63) is 35.9 Å². The zero-order chi connectivity index (χ0) is 19.6. The molecule has 1 aromatic carbocycles. The first-order chi connectivity index (χ1) is 13.6. The molecular formula is C23H30N2O3. The lowest BCUT2D eigenvalue weighted by atomic mass is 9.82. The standard InChI is InChI=1S/C23H30N2O3/c26-15-20(27)12-11-18-7-4-5-10-21(18)25-14-6-13-23(25)16-24(17-23)22(28)19-8-2-1-3-9-19/h4-5,7,10-12,19,26H,1-3,6,8-9,13-17H2/b12-11+. The predicted octanol–water partition coefficient (Wildman–Crippen LogP) is 3.02. The minimum atomic E-state index is -0.468. The molecule has 0 atom stereocenters. The van der Waals surface area contributed by atoms with Crippen molar-refractivity contribution >= 4 is 23.5 Å². The summed E-state index contributed by atoms with van der Waals surface area (Å²) in [4.78, 5) is 28.9. The highest BCUT2D eigenvalue weighted by molar-refractivity contribution is 5.95. The van der Waals surface area contributed by atoms with E-state index in [4.69, 9.17) is 5.11 Å². The lowest BCUT2D eigenvalue weighted by Crippen LogP contribution is -2.70. The molecule has 0 unspecified atom stereocenters. The minimum Gasteiger partial charge on any atom is -0.388 e. The Bertz CT molecular complexity index is 761. The van der Waals surface area contributed by atoms with E-state index in [9.17, 15) is 9.59 Å². The Balaban J connectivity index is 1.49. The van der Waals surface area contributed by atoms with Crippen molar-refractivity contribution in [1.82, 2.24) is 4.90 Å². The second-order valence-corrected chi connectivity index (χ2v) is 8.53. The number of hydrogen-bond acceptors (Lipinski definition) is 4. The van der Waals surface area contributed by atoms with E-state index >= 15 is 0 Å². The monoisotopic (exact) mass is 382 g/mol. The normalized spacial score (nSPS) is 22.0. The largest absolute Gasteiger partial charge is 0.388 e. The van der Waals surface area contributed by atoms with E-state index in [0.29, 0.717) is 5.91 Å². The van der Waals surface area contributed by atoms with Crippen molar-refractivity contribution in [3.63, 3.8) is 0 Å². The number of nitrogens with zero attached hydrogens (tertiary/aromatic N) is 2. The molecule has 1 amide bonds. The SMILES string of the molecule is O=C(/C=C/c1ccccc1N1CCCC12CN(C(=O)C1CCCCC1)C2)CO. The third kappa shape index (κ3) is 3.60. The summed E-state index contributed by atoms with van der Waals surface area (Å²) in [7, 11) is 0. The van der Waals surface area contributed by atoms with Crippen molar-refractivity contribution in [1.29, 1.82) is 0 Å². The summed E-state index contributed by atoms with van der Waals surface area (Å²) >= 11 is 0. The Morgan fingerprint density at radius 1 is 1.11 bits per heavy atom. The van der Waals surface area contributed by atoms with E-state index in [-0.39, 0.29) is 17.2 Å². The van der Waals surface area contributed by atoms with Crippen LogP contribution in [0.4, 0.5) is 5.69 Å². The predicted molar refractivity (Wildman–Crippen MR) is 110 cm³/mol. The van der Waals surface area contributed by atoms with Crippen LogP contribution in [-0.2, 0) is 9.59 Å². The number of carbonyl (C=O) groups is 2. The Hall–Kier alpha value is -2.14. The average Bonchev–Trinajstić information content (AvgIpc) is 3.16. The van der Waals surface area contributed by atoms with Crippen LogP contribution in [0.1, 0.15) is 50.5 Å². The number of para-hydroxylation sites is 1. The fourth-order valence-corrected chi connectivity index (χ4v) is 5.18. The molecule has 28 heavy (non-hydrogen) atoms. The molecular weight excluding hydrogens is 352 g/mol.